The predicted octanol–water partition coefficient (Wildman–Crippen LogP) is 2.58. The van der Waals surface area contributed by atoms with Crippen LogP contribution in [0.5, 0.6) is 0 Å². The molecule has 1 heterocycles. The second-order valence-corrected chi connectivity index (χ2v) is 4.32. The number of carbonyl (C=O) groups is 1. The maximum atomic E-state index is 12.9. The normalized spacial score (nSPS) is 10.0. The van der Waals surface area contributed by atoms with Crippen LogP contribution in [0.25, 0.3) is 0 Å². The molecule has 6 heteroatoms. The summed E-state index contributed by atoms with van der Waals surface area (Å²) in [5.74, 6) is 0.315. The molecule has 0 atom stereocenters. The van der Waals surface area contributed by atoms with Gasteiger partial charge in [0.2, 0.25) is 0 Å². The molecule has 0 bridgehead atoms. The quantitative estimate of drug-likeness (QED) is 0.829. The molecule has 0 saturated heterocycles. The molecule has 0 aliphatic carbocycles. The smallest absolute Gasteiger partial charge is 0.270 e. The number of hydrogen-bond donors (Lipinski definition) is 2. The van der Waals surface area contributed by atoms with Gasteiger partial charge < -0.3 is 10.6 Å². The van der Waals surface area contributed by atoms with E-state index in [0.717, 1.165) is 0 Å². The van der Waals surface area contributed by atoms with Crippen LogP contribution in [-0.4, -0.2) is 22.4 Å². The van der Waals surface area contributed by atoms with Crippen LogP contribution in [0.3, 0.4) is 0 Å². The standard InChI is InChI=1S/C15H15FN4O/c1-3-8-17-15(21)13-9-14(19-10(2)18-13)20-12-6-4-11(16)5-7-12/h3-7,9H,1,8H2,2H3,(H,17,21)(H,18,19,20). The maximum absolute atomic E-state index is 12.9. The van der Waals surface area contributed by atoms with E-state index in [0.29, 0.717) is 23.9 Å². The fraction of sp³-hybridized carbons (Fsp3) is 0.133. The Labute approximate surface area is 121 Å². The van der Waals surface area contributed by atoms with E-state index in [1.807, 2.05) is 0 Å². The fourth-order valence-electron chi connectivity index (χ4n) is 1.68. The first-order valence-corrected chi connectivity index (χ1v) is 6.36. The zero-order chi connectivity index (χ0) is 15.2. The number of anilines is 2. The molecule has 0 aliphatic rings. The Balaban J connectivity index is 2.20. The van der Waals surface area contributed by atoms with Crippen LogP contribution in [0.15, 0.2) is 43.0 Å². The van der Waals surface area contributed by atoms with Crippen molar-refractivity contribution in [1.29, 1.82) is 0 Å². The number of nitrogens with zero attached hydrogens (tertiary/aromatic N) is 2. The van der Waals surface area contributed by atoms with Crippen LogP contribution in [-0.2, 0) is 0 Å². The zero-order valence-electron chi connectivity index (χ0n) is 11.6. The highest BCUT2D eigenvalue weighted by molar-refractivity contribution is 5.93. The summed E-state index contributed by atoms with van der Waals surface area (Å²) in [6.45, 7) is 5.59. The monoisotopic (exact) mass is 286 g/mol. The Morgan fingerprint density at radius 2 is 2.05 bits per heavy atom. The number of benzene rings is 1. The molecule has 5 nitrogen and oxygen atoms in total. The number of amides is 1. The lowest BCUT2D eigenvalue weighted by molar-refractivity contribution is 0.0952. The second kappa shape index (κ2) is 6.60. The van der Waals surface area contributed by atoms with E-state index in [1.54, 1.807) is 25.1 Å². The van der Waals surface area contributed by atoms with Gasteiger partial charge in [-0.3, -0.25) is 4.79 Å². The van der Waals surface area contributed by atoms with Crippen molar-refractivity contribution in [2.75, 3.05) is 11.9 Å². The van der Waals surface area contributed by atoms with Gasteiger partial charge in [-0.25, -0.2) is 14.4 Å². The van der Waals surface area contributed by atoms with Gasteiger partial charge in [-0.1, -0.05) is 6.08 Å². The number of halogens is 1. The van der Waals surface area contributed by atoms with Crippen LogP contribution in [0.4, 0.5) is 15.9 Å². The lowest BCUT2D eigenvalue weighted by Gasteiger charge is -2.08. The number of aryl methyl sites for hydroxylation is 1. The van der Waals surface area contributed by atoms with Crippen molar-refractivity contribution in [3.05, 3.63) is 60.3 Å². The second-order valence-electron chi connectivity index (χ2n) is 4.32. The highest BCUT2D eigenvalue weighted by Crippen LogP contribution is 2.15. The fourth-order valence-corrected chi connectivity index (χ4v) is 1.68. The topological polar surface area (TPSA) is 66.9 Å². The maximum Gasteiger partial charge on any atom is 0.270 e. The van der Waals surface area contributed by atoms with E-state index in [9.17, 15) is 9.18 Å². The molecule has 0 aliphatic heterocycles. The summed E-state index contributed by atoms with van der Waals surface area (Å²) in [5, 5.41) is 5.66. The van der Waals surface area contributed by atoms with Crippen molar-refractivity contribution in [2.45, 2.75) is 6.92 Å². The van der Waals surface area contributed by atoms with Gasteiger partial charge in [-0.2, -0.15) is 0 Å². The minimum Gasteiger partial charge on any atom is -0.347 e. The van der Waals surface area contributed by atoms with E-state index in [2.05, 4.69) is 27.2 Å². The number of nitrogens with one attached hydrogen (secondary N) is 2. The molecule has 0 unspecified atom stereocenters. The SMILES string of the molecule is C=CCNC(=O)c1cc(Nc2ccc(F)cc2)nc(C)n1. The largest absolute Gasteiger partial charge is 0.347 e. The van der Waals surface area contributed by atoms with Gasteiger partial charge >= 0.3 is 0 Å². The van der Waals surface area contributed by atoms with Crippen molar-refractivity contribution < 1.29 is 9.18 Å². The Kier molecular flexibility index (Phi) is 4.61. The molecule has 108 valence electrons. The van der Waals surface area contributed by atoms with Crippen LogP contribution in [0.1, 0.15) is 16.3 Å². The van der Waals surface area contributed by atoms with E-state index < -0.39 is 0 Å². The molecule has 2 N–H and O–H groups in total. The van der Waals surface area contributed by atoms with Gasteiger partial charge in [0.1, 0.15) is 23.2 Å². The minimum absolute atomic E-state index is 0.258. The van der Waals surface area contributed by atoms with Crippen LogP contribution in [0, 0.1) is 12.7 Å². The molecule has 1 amide bonds. The number of carbonyl (C=O) groups excluding carboxylic acids is 1. The summed E-state index contributed by atoms with van der Waals surface area (Å²) in [6.07, 6.45) is 1.59. The molecule has 1 aromatic carbocycles. The molecule has 0 radical (unpaired) electrons. The lowest BCUT2D eigenvalue weighted by Crippen LogP contribution is -2.24. The average molecular weight is 286 g/mol. The molecular formula is C15H15FN4O. The average Bonchev–Trinajstić information content (AvgIpc) is 2.46. The minimum atomic E-state index is -0.316. The summed E-state index contributed by atoms with van der Waals surface area (Å²) in [6, 6.07) is 7.39. The first kappa shape index (κ1) is 14.6. The van der Waals surface area contributed by atoms with Crippen molar-refractivity contribution in [3.63, 3.8) is 0 Å². The van der Waals surface area contributed by atoms with Gasteiger partial charge in [-0.15, -0.1) is 6.58 Å². The third-order valence-corrected chi connectivity index (χ3v) is 2.59. The van der Waals surface area contributed by atoms with E-state index in [1.165, 1.54) is 18.2 Å². The Morgan fingerprint density at radius 3 is 2.71 bits per heavy atom. The van der Waals surface area contributed by atoms with Gasteiger partial charge in [0.05, 0.1) is 0 Å². The highest BCUT2D eigenvalue weighted by Gasteiger charge is 2.09. The van der Waals surface area contributed by atoms with Crippen molar-refractivity contribution >= 4 is 17.4 Å². The van der Waals surface area contributed by atoms with Crippen molar-refractivity contribution in [3.8, 4) is 0 Å². The molecule has 0 fully saturated rings. The summed E-state index contributed by atoms with van der Waals surface area (Å²) >= 11 is 0. The molecule has 2 aromatic rings. The van der Waals surface area contributed by atoms with Gasteiger partial charge in [-0.05, 0) is 31.2 Å². The van der Waals surface area contributed by atoms with Crippen molar-refractivity contribution in [1.82, 2.24) is 15.3 Å². The van der Waals surface area contributed by atoms with E-state index >= 15 is 0 Å². The van der Waals surface area contributed by atoms with Crippen LogP contribution >= 0.6 is 0 Å². The van der Waals surface area contributed by atoms with E-state index in [4.69, 9.17) is 0 Å². The predicted molar refractivity (Wildman–Crippen MR) is 79.0 cm³/mol. The number of aromatic nitrogens is 2. The molecule has 21 heavy (non-hydrogen) atoms. The summed E-state index contributed by atoms with van der Waals surface area (Å²) in [5.41, 5.74) is 0.931. The first-order chi connectivity index (χ1) is 10.1. The van der Waals surface area contributed by atoms with Crippen LogP contribution in [0.2, 0.25) is 0 Å². The Morgan fingerprint density at radius 1 is 1.33 bits per heavy atom. The van der Waals surface area contributed by atoms with Crippen LogP contribution < -0.4 is 10.6 Å². The molecular weight excluding hydrogens is 271 g/mol. The Bertz CT molecular complexity index is 655. The Hall–Kier alpha value is -2.76. The third-order valence-electron chi connectivity index (χ3n) is 2.59. The van der Waals surface area contributed by atoms with Crippen molar-refractivity contribution in [2.24, 2.45) is 0 Å². The summed E-state index contributed by atoms with van der Waals surface area (Å²) in [7, 11) is 0. The number of rotatable bonds is 5. The van der Waals surface area contributed by atoms with Gasteiger partial charge in [0.25, 0.3) is 5.91 Å². The summed E-state index contributed by atoms with van der Waals surface area (Å²) < 4.78 is 12.9. The molecule has 1 aromatic heterocycles. The van der Waals surface area contributed by atoms with Gasteiger partial charge in [0, 0.05) is 18.3 Å². The third kappa shape index (κ3) is 4.10. The lowest BCUT2D eigenvalue weighted by atomic mass is 10.3. The summed E-state index contributed by atoms with van der Waals surface area (Å²) in [4.78, 5) is 20.2. The molecule has 2 rings (SSSR count). The number of hydrogen-bond acceptors (Lipinski definition) is 4. The molecule has 0 spiro atoms. The zero-order valence-corrected chi connectivity index (χ0v) is 11.6. The molecule has 0 saturated carbocycles. The van der Waals surface area contributed by atoms with E-state index in [-0.39, 0.29) is 17.4 Å². The van der Waals surface area contributed by atoms with Gasteiger partial charge in [0.15, 0.2) is 0 Å². The highest BCUT2D eigenvalue weighted by atomic mass is 19.1. The first-order valence-electron chi connectivity index (χ1n) is 6.36.